The molecule has 0 unspecified atom stereocenters. The van der Waals surface area contributed by atoms with E-state index < -0.39 is 6.61 Å². The maximum Gasteiger partial charge on any atom is 0.387 e. The largest absolute Gasteiger partial charge is 0.435 e. The van der Waals surface area contributed by atoms with Gasteiger partial charge in [0.05, 0.1) is 0 Å². The van der Waals surface area contributed by atoms with Crippen LogP contribution in [-0.4, -0.2) is 16.7 Å². The van der Waals surface area contributed by atoms with Gasteiger partial charge in [-0.2, -0.15) is 8.78 Å². The molecule has 1 heterocycles. The first-order chi connectivity index (χ1) is 10.5. The van der Waals surface area contributed by atoms with Crippen molar-refractivity contribution in [3.8, 4) is 5.75 Å². The molecule has 1 aromatic heterocycles. The van der Waals surface area contributed by atoms with Gasteiger partial charge in [-0.15, -0.1) is 0 Å². The molecule has 8 heteroatoms. The molecule has 0 fully saturated rings. The highest BCUT2D eigenvalue weighted by atomic mass is 79.9. The third kappa shape index (κ3) is 5.53. The smallest absolute Gasteiger partial charge is 0.387 e. The summed E-state index contributed by atoms with van der Waals surface area (Å²) < 4.78 is 29.2. The van der Waals surface area contributed by atoms with Crippen molar-refractivity contribution in [1.29, 1.82) is 0 Å². The van der Waals surface area contributed by atoms with E-state index >= 15 is 0 Å². The van der Waals surface area contributed by atoms with Crippen molar-refractivity contribution in [1.82, 2.24) is 10.3 Å². The maximum absolute atomic E-state index is 12.0. The minimum Gasteiger partial charge on any atom is -0.435 e. The molecule has 0 radical (unpaired) electrons. The van der Waals surface area contributed by atoms with Crippen molar-refractivity contribution in [3.05, 3.63) is 52.6 Å². The molecule has 2 aromatic rings. The summed E-state index contributed by atoms with van der Waals surface area (Å²) >= 11 is 8.45. The van der Waals surface area contributed by atoms with Gasteiger partial charge in [-0.1, -0.05) is 12.1 Å². The Kier molecular flexibility index (Phi) is 6.02. The fraction of sp³-hybridized carbons (Fsp3) is 0.143. The zero-order valence-corrected chi connectivity index (χ0v) is 13.6. The number of alkyl halides is 2. The molecular formula is C14H12BrF2N3OS. The van der Waals surface area contributed by atoms with Crippen LogP contribution in [0.4, 0.5) is 14.6 Å². The first kappa shape index (κ1) is 16.6. The maximum atomic E-state index is 12.0. The lowest BCUT2D eigenvalue weighted by Gasteiger charge is -2.10. The minimum atomic E-state index is -2.82. The number of hydrogen-bond donors (Lipinski definition) is 2. The van der Waals surface area contributed by atoms with Crippen molar-refractivity contribution in [2.45, 2.75) is 13.2 Å². The number of aromatic nitrogens is 1. The minimum absolute atomic E-state index is 0.124. The first-order valence-corrected chi connectivity index (χ1v) is 7.43. The molecule has 0 atom stereocenters. The lowest BCUT2D eigenvalue weighted by atomic mass is 10.2. The molecule has 0 aliphatic rings. The summed E-state index contributed by atoms with van der Waals surface area (Å²) in [5.74, 6) is 0.750. The fourth-order valence-corrected chi connectivity index (χ4v) is 1.99. The van der Waals surface area contributed by atoms with E-state index in [1.807, 2.05) is 6.07 Å². The van der Waals surface area contributed by atoms with E-state index in [1.165, 1.54) is 12.1 Å². The predicted molar refractivity (Wildman–Crippen MR) is 88.1 cm³/mol. The van der Waals surface area contributed by atoms with Gasteiger partial charge in [0, 0.05) is 17.2 Å². The van der Waals surface area contributed by atoms with Crippen LogP contribution >= 0.6 is 28.1 Å². The Morgan fingerprint density at radius 2 is 1.95 bits per heavy atom. The number of benzene rings is 1. The summed E-state index contributed by atoms with van der Waals surface area (Å²) in [5, 5.41) is 6.36. The van der Waals surface area contributed by atoms with E-state index in [2.05, 4.69) is 36.3 Å². The summed E-state index contributed by atoms with van der Waals surface area (Å²) in [7, 11) is 0. The molecule has 22 heavy (non-hydrogen) atoms. The second kappa shape index (κ2) is 8.00. The van der Waals surface area contributed by atoms with Crippen LogP contribution in [0.5, 0.6) is 5.75 Å². The van der Waals surface area contributed by atoms with Gasteiger partial charge in [-0.3, -0.25) is 0 Å². The molecule has 4 nitrogen and oxygen atoms in total. The van der Waals surface area contributed by atoms with Crippen LogP contribution in [0.1, 0.15) is 5.56 Å². The molecule has 2 N–H and O–H groups in total. The van der Waals surface area contributed by atoms with Gasteiger partial charge < -0.3 is 15.4 Å². The van der Waals surface area contributed by atoms with E-state index in [0.717, 1.165) is 10.0 Å². The summed E-state index contributed by atoms with van der Waals surface area (Å²) in [6.07, 6.45) is 1.66. The molecule has 2 rings (SSSR count). The lowest BCUT2D eigenvalue weighted by molar-refractivity contribution is -0.0498. The monoisotopic (exact) mass is 387 g/mol. The third-order valence-corrected chi connectivity index (χ3v) is 3.29. The summed E-state index contributed by atoms with van der Waals surface area (Å²) in [6, 6.07) is 9.97. The molecule has 0 amide bonds. The standard InChI is InChI=1S/C14H12BrF2N3OS/c15-10-3-6-12(18-8-10)20-14(22)19-7-9-1-4-11(5-2-9)21-13(16)17/h1-6,8,13H,7H2,(H2,18,19,20,22). The van der Waals surface area contributed by atoms with Gasteiger partial charge in [0.15, 0.2) is 5.11 Å². The summed E-state index contributed by atoms with van der Waals surface area (Å²) in [6.45, 7) is -2.36. The SMILES string of the molecule is FC(F)Oc1ccc(CNC(=S)Nc2ccc(Br)cn2)cc1. The van der Waals surface area contributed by atoms with Crippen LogP contribution in [0.3, 0.4) is 0 Å². The van der Waals surface area contributed by atoms with Crippen LogP contribution in [0.2, 0.25) is 0 Å². The average molecular weight is 388 g/mol. The van der Waals surface area contributed by atoms with Crippen LogP contribution < -0.4 is 15.4 Å². The number of nitrogens with zero attached hydrogens (tertiary/aromatic N) is 1. The van der Waals surface area contributed by atoms with Gasteiger partial charge in [0.2, 0.25) is 0 Å². The molecule has 0 saturated heterocycles. The number of rotatable bonds is 5. The quantitative estimate of drug-likeness (QED) is 0.761. The Bertz CT molecular complexity index is 623. The van der Waals surface area contributed by atoms with E-state index in [1.54, 1.807) is 24.4 Å². The van der Waals surface area contributed by atoms with Crippen molar-refractivity contribution in [3.63, 3.8) is 0 Å². The third-order valence-electron chi connectivity index (χ3n) is 2.57. The van der Waals surface area contributed by atoms with Crippen molar-refractivity contribution >= 4 is 39.1 Å². The van der Waals surface area contributed by atoms with E-state index in [4.69, 9.17) is 12.2 Å². The topological polar surface area (TPSA) is 46.2 Å². The Balaban J connectivity index is 1.81. The Morgan fingerprint density at radius 1 is 1.23 bits per heavy atom. The van der Waals surface area contributed by atoms with Crippen molar-refractivity contribution in [2.24, 2.45) is 0 Å². The van der Waals surface area contributed by atoms with E-state index in [-0.39, 0.29) is 5.75 Å². The van der Waals surface area contributed by atoms with Gasteiger partial charge >= 0.3 is 6.61 Å². The second-order valence-corrected chi connectivity index (χ2v) is 5.52. The van der Waals surface area contributed by atoms with Gasteiger partial charge in [0.25, 0.3) is 0 Å². The summed E-state index contributed by atoms with van der Waals surface area (Å²) in [5.41, 5.74) is 0.884. The predicted octanol–water partition coefficient (Wildman–Crippen LogP) is 3.93. The van der Waals surface area contributed by atoms with E-state index in [9.17, 15) is 8.78 Å². The van der Waals surface area contributed by atoms with E-state index in [0.29, 0.717) is 17.5 Å². The van der Waals surface area contributed by atoms with Crippen LogP contribution in [0.15, 0.2) is 47.1 Å². The molecule has 0 saturated carbocycles. The van der Waals surface area contributed by atoms with Crippen LogP contribution in [0.25, 0.3) is 0 Å². The molecular weight excluding hydrogens is 376 g/mol. The molecule has 116 valence electrons. The summed E-state index contributed by atoms with van der Waals surface area (Å²) in [4.78, 5) is 4.14. The number of nitrogens with one attached hydrogen (secondary N) is 2. The zero-order chi connectivity index (χ0) is 15.9. The Hall–Kier alpha value is -1.80. The molecule has 0 spiro atoms. The number of hydrogen-bond acceptors (Lipinski definition) is 3. The van der Waals surface area contributed by atoms with Gasteiger partial charge in [-0.05, 0) is 58.0 Å². The highest BCUT2D eigenvalue weighted by Gasteiger charge is 2.04. The number of anilines is 1. The number of ether oxygens (including phenoxy) is 1. The number of thiocarbonyl (C=S) groups is 1. The molecule has 0 bridgehead atoms. The highest BCUT2D eigenvalue weighted by molar-refractivity contribution is 9.10. The first-order valence-electron chi connectivity index (χ1n) is 6.23. The average Bonchev–Trinajstić information content (AvgIpc) is 2.48. The molecule has 1 aromatic carbocycles. The van der Waals surface area contributed by atoms with Crippen LogP contribution in [-0.2, 0) is 6.54 Å². The lowest BCUT2D eigenvalue weighted by Crippen LogP contribution is -2.28. The number of pyridine rings is 1. The van der Waals surface area contributed by atoms with Crippen molar-refractivity contribution < 1.29 is 13.5 Å². The number of halogens is 3. The fourth-order valence-electron chi connectivity index (χ4n) is 1.58. The normalized spacial score (nSPS) is 10.4. The Labute approximate surface area is 140 Å². The van der Waals surface area contributed by atoms with Crippen molar-refractivity contribution in [2.75, 3.05) is 5.32 Å². The highest BCUT2D eigenvalue weighted by Crippen LogP contribution is 2.15. The molecule has 0 aliphatic carbocycles. The zero-order valence-electron chi connectivity index (χ0n) is 11.2. The van der Waals surface area contributed by atoms with Gasteiger partial charge in [0.1, 0.15) is 11.6 Å². The molecule has 0 aliphatic heterocycles. The van der Waals surface area contributed by atoms with Crippen LogP contribution in [0, 0.1) is 0 Å². The Morgan fingerprint density at radius 3 is 2.55 bits per heavy atom. The second-order valence-electron chi connectivity index (χ2n) is 4.19. The van der Waals surface area contributed by atoms with Gasteiger partial charge in [-0.25, -0.2) is 4.98 Å².